The van der Waals surface area contributed by atoms with Crippen molar-refractivity contribution in [2.75, 3.05) is 37.7 Å². The van der Waals surface area contributed by atoms with Crippen LogP contribution in [0.2, 0.25) is 0 Å². The van der Waals surface area contributed by atoms with E-state index in [0.29, 0.717) is 50.6 Å². The predicted octanol–water partition coefficient (Wildman–Crippen LogP) is 4.47. The van der Waals surface area contributed by atoms with Gasteiger partial charge in [0.05, 0.1) is 6.67 Å². The molecular weight excluding hydrogens is 476 g/mol. The zero-order valence-corrected chi connectivity index (χ0v) is 23.1. The number of hydrogen-bond acceptors (Lipinski definition) is 4. The molecule has 0 bridgehead atoms. The van der Waals surface area contributed by atoms with Gasteiger partial charge in [-0.05, 0) is 61.4 Å². The fraction of sp³-hybridized carbons (Fsp3) is 0.516. The molecule has 0 aliphatic carbocycles. The van der Waals surface area contributed by atoms with E-state index in [-0.39, 0.29) is 24.3 Å². The molecule has 0 aromatic heterocycles. The molecule has 2 aromatic carbocycles. The predicted molar refractivity (Wildman–Crippen MR) is 151 cm³/mol. The third kappa shape index (κ3) is 6.03. The van der Waals surface area contributed by atoms with Gasteiger partial charge < -0.3 is 20.0 Å². The summed E-state index contributed by atoms with van der Waals surface area (Å²) in [6.45, 7) is 8.41. The van der Waals surface area contributed by atoms with E-state index in [9.17, 15) is 14.4 Å². The van der Waals surface area contributed by atoms with Crippen LogP contribution >= 0.6 is 0 Å². The Hall–Kier alpha value is -3.35. The second-order valence-electron chi connectivity index (χ2n) is 10.8. The number of unbranched alkanes of at least 4 members (excludes halogenated alkanes) is 1. The Kier molecular flexibility index (Phi) is 9.08. The van der Waals surface area contributed by atoms with Crippen LogP contribution in [0.3, 0.4) is 0 Å². The Morgan fingerprint density at radius 1 is 1.00 bits per heavy atom. The SMILES string of the molecule is CCCCc1ccc(C(=O)N2CCC3(CC2)C(=O)N(CC(=O)NCC(C)CC)CN3c2ccccc2)cc1. The molecule has 1 N–H and O–H groups in total. The number of carbonyl (C=O) groups excluding carboxylic acids is 3. The molecule has 2 saturated heterocycles. The quantitative estimate of drug-likeness (QED) is 0.504. The Balaban J connectivity index is 1.46. The van der Waals surface area contributed by atoms with E-state index >= 15 is 0 Å². The normalized spacial score (nSPS) is 17.7. The molecule has 1 atom stereocenters. The number of amides is 3. The van der Waals surface area contributed by atoms with Gasteiger partial charge in [-0.15, -0.1) is 0 Å². The zero-order chi connectivity index (χ0) is 27.1. The fourth-order valence-corrected chi connectivity index (χ4v) is 5.44. The van der Waals surface area contributed by atoms with E-state index in [4.69, 9.17) is 0 Å². The molecule has 1 unspecified atom stereocenters. The van der Waals surface area contributed by atoms with E-state index in [1.165, 1.54) is 5.56 Å². The van der Waals surface area contributed by atoms with Crippen LogP contribution in [0.1, 0.15) is 68.8 Å². The number of benzene rings is 2. The van der Waals surface area contributed by atoms with Crippen LogP contribution in [-0.4, -0.2) is 65.9 Å². The van der Waals surface area contributed by atoms with E-state index in [1.807, 2.05) is 47.4 Å². The van der Waals surface area contributed by atoms with E-state index in [2.05, 4.69) is 43.1 Å². The van der Waals surface area contributed by atoms with Crippen LogP contribution in [0.5, 0.6) is 0 Å². The minimum Gasteiger partial charge on any atom is -0.354 e. The molecule has 7 nitrogen and oxygen atoms in total. The maximum atomic E-state index is 13.9. The van der Waals surface area contributed by atoms with Crippen molar-refractivity contribution in [1.29, 1.82) is 0 Å². The van der Waals surface area contributed by atoms with Gasteiger partial charge in [-0.25, -0.2) is 0 Å². The van der Waals surface area contributed by atoms with Crippen molar-refractivity contribution in [2.24, 2.45) is 5.92 Å². The number of aryl methyl sites for hydroxylation is 1. The minimum atomic E-state index is -0.751. The van der Waals surface area contributed by atoms with Crippen LogP contribution in [0.15, 0.2) is 54.6 Å². The Bertz CT molecular complexity index is 1090. The van der Waals surface area contributed by atoms with Gasteiger partial charge in [0.15, 0.2) is 0 Å². The first-order valence-electron chi connectivity index (χ1n) is 14.1. The molecule has 2 heterocycles. The van der Waals surface area contributed by atoms with Gasteiger partial charge in [0.25, 0.3) is 11.8 Å². The summed E-state index contributed by atoms with van der Waals surface area (Å²) in [5, 5.41) is 2.98. The van der Waals surface area contributed by atoms with Gasteiger partial charge in [0.2, 0.25) is 5.91 Å². The Morgan fingerprint density at radius 3 is 2.32 bits per heavy atom. The average Bonchev–Trinajstić information content (AvgIpc) is 3.21. The summed E-state index contributed by atoms with van der Waals surface area (Å²) in [7, 11) is 0. The minimum absolute atomic E-state index is 0.0138. The molecular formula is C31H42N4O3. The molecule has 0 radical (unpaired) electrons. The highest BCUT2D eigenvalue weighted by molar-refractivity contribution is 5.97. The summed E-state index contributed by atoms with van der Waals surface area (Å²) in [6, 6.07) is 17.9. The lowest BCUT2D eigenvalue weighted by Crippen LogP contribution is -2.57. The number of hydrogen-bond donors (Lipinski definition) is 1. The summed E-state index contributed by atoms with van der Waals surface area (Å²) < 4.78 is 0. The number of para-hydroxylation sites is 1. The molecule has 2 fully saturated rings. The summed E-state index contributed by atoms with van der Waals surface area (Å²) >= 11 is 0. The lowest BCUT2D eigenvalue weighted by atomic mass is 9.85. The van der Waals surface area contributed by atoms with Gasteiger partial charge in [0, 0.05) is 30.9 Å². The summed E-state index contributed by atoms with van der Waals surface area (Å²) in [4.78, 5) is 45.5. The van der Waals surface area contributed by atoms with Crippen molar-refractivity contribution in [1.82, 2.24) is 15.1 Å². The molecule has 2 aliphatic rings. The van der Waals surface area contributed by atoms with Gasteiger partial charge in [-0.3, -0.25) is 14.4 Å². The molecule has 4 rings (SSSR count). The number of likely N-dealkylation sites (tertiary alicyclic amines) is 1. The number of carbonyl (C=O) groups is 3. The highest BCUT2D eigenvalue weighted by atomic mass is 16.2. The standard InChI is InChI=1S/C31H42N4O3/c1-4-6-10-25-13-15-26(16-14-25)29(37)33-19-17-31(18-20-33)30(38)34(22-28(36)32-21-24(3)5-2)23-35(31)27-11-8-7-9-12-27/h7-9,11-16,24H,4-6,10,17-23H2,1-3H3,(H,32,36). The van der Waals surface area contributed by atoms with Crippen molar-refractivity contribution >= 4 is 23.4 Å². The number of anilines is 1. The lowest BCUT2D eigenvalue weighted by molar-refractivity contribution is -0.137. The van der Waals surface area contributed by atoms with Crippen LogP contribution in [0.25, 0.3) is 0 Å². The number of rotatable bonds is 10. The summed E-state index contributed by atoms with van der Waals surface area (Å²) in [6.07, 6.45) is 5.38. The molecule has 204 valence electrons. The van der Waals surface area contributed by atoms with Crippen LogP contribution in [0, 0.1) is 5.92 Å². The number of piperidine rings is 1. The summed E-state index contributed by atoms with van der Waals surface area (Å²) in [5.74, 6) is 0.265. The molecule has 38 heavy (non-hydrogen) atoms. The second-order valence-corrected chi connectivity index (χ2v) is 10.8. The van der Waals surface area contributed by atoms with Crippen molar-refractivity contribution in [3.05, 3.63) is 65.7 Å². The first-order chi connectivity index (χ1) is 18.4. The average molecular weight is 519 g/mol. The highest BCUT2D eigenvalue weighted by Gasteiger charge is 2.54. The molecule has 2 aromatic rings. The molecule has 1 spiro atoms. The second kappa shape index (κ2) is 12.5. The Morgan fingerprint density at radius 2 is 1.68 bits per heavy atom. The molecule has 0 saturated carbocycles. The van der Waals surface area contributed by atoms with E-state index in [1.54, 1.807) is 4.90 Å². The monoisotopic (exact) mass is 518 g/mol. The Labute approximate surface area is 227 Å². The molecule has 3 amide bonds. The van der Waals surface area contributed by atoms with E-state index in [0.717, 1.165) is 31.4 Å². The topological polar surface area (TPSA) is 73.0 Å². The largest absolute Gasteiger partial charge is 0.354 e. The van der Waals surface area contributed by atoms with Crippen molar-refractivity contribution in [3.8, 4) is 0 Å². The third-order valence-corrected chi connectivity index (χ3v) is 8.16. The van der Waals surface area contributed by atoms with E-state index < -0.39 is 5.54 Å². The van der Waals surface area contributed by atoms with Crippen LogP contribution in [0.4, 0.5) is 5.69 Å². The maximum absolute atomic E-state index is 13.9. The lowest BCUT2D eigenvalue weighted by Gasteiger charge is -2.43. The van der Waals surface area contributed by atoms with Gasteiger partial charge in [0.1, 0.15) is 12.1 Å². The van der Waals surface area contributed by atoms with Crippen molar-refractivity contribution < 1.29 is 14.4 Å². The zero-order valence-electron chi connectivity index (χ0n) is 23.1. The third-order valence-electron chi connectivity index (χ3n) is 8.16. The van der Waals surface area contributed by atoms with Gasteiger partial charge in [-0.1, -0.05) is 63.9 Å². The smallest absolute Gasteiger partial charge is 0.253 e. The summed E-state index contributed by atoms with van der Waals surface area (Å²) in [5.41, 5.74) is 2.16. The number of nitrogens with zero attached hydrogens (tertiary/aromatic N) is 3. The first kappa shape index (κ1) is 27.7. The number of nitrogens with one attached hydrogen (secondary N) is 1. The van der Waals surface area contributed by atoms with Crippen molar-refractivity contribution in [2.45, 2.75) is 64.8 Å². The molecule has 7 heteroatoms. The van der Waals surface area contributed by atoms with Gasteiger partial charge >= 0.3 is 0 Å². The van der Waals surface area contributed by atoms with Gasteiger partial charge in [-0.2, -0.15) is 0 Å². The molecule has 2 aliphatic heterocycles. The van der Waals surface area contributed by atoms with Crippen molar-refractivity contribution in [3.63, 3.8) is 0 Å². The van der Waals surface area contributed by atoms with Crippen LogP contribution < -0.4 is 10.2 Å². The van der Waals surface area contributed by atoms with Crippen LogP contribution in [-0.2, 0) is 16.0 Å². The fourth-order valence-electron chi connectivity index (χ4n) is 5.44. The first-order valence-corrected chi connectivity index (χ1v) is 14.1. The maximum Gasteiger partial charge on any atom is 0.253 e. The highest BCUT2D eigenvalue weighted by Crippen LogP contribution is 2.39.